The molecule has 1 aromatic rings. The van der Waals surface area contributed by atoms with Gasteiger partial charge in [0.2, 0.25) is 5.91 Å². The van der Waals surface area contributed by atoms with E-state index >= 15 is 0 Å². The molecule has 0 bridgehead atoms. The van der Waals surface area contributed by atoms with Crippen LogP contribution in [0.3, 0.4) is 0 Å². The number of carbonyl (C=O) groups is 2. The van der Waals surface area contributed by atoms with Crippen LogP contribution in [0.15, 0.2) is 24.3 Å². The Morgan fingerprint density at radius 2 is 1.71 bits per heavy atom. The lowest BCUT2D eigenvalue weighted by Crippen LogP contribution is -2.40. The number of nitrogens with zero attached hydrogens (tertiary/aromatic N) is 1. The van der Waals surface area contributed by atoms with Gasteiger partial charge in [-0.25, -0.2) is 0 Å². The molecule has 0 atom stereocenters. The van der Waals surface area contributed by atoms with Crippen molar-refractivity contribution in [2.45, 2.75) is 39.0 Å². The number of benzene rings is 1. The summed E-state index contributed by atoms with van der Waals surface area (Å²) >= 11 is 0. The Bertz CT molecular complexity index is 487. The second-order valence-electron chi connectivity index (χ2n) is 5.66. The van der Waals surface area contributed by atoms with Gasteiger partial charge >= 0.3 is 5.97 Å². The number of aliphatic carboxylic acids is 1. The number of rotatable bonds is 5. The van der Waals surface area contributed by atoms with Crippen molar-refractivity contribution in [1.82, 2.24) is 4.90 Å². The van der Waals surface area contributed by atoms with Gasteiger partial charge in [-0.2, -0.15) is 0 Å². The summed E-state index contributed by atoms with van der Waals surface area (Å²) in [5.41, 5.74) is 2.49. The molecule has 0 aromatic heterocycles. The fourth-order valence-electron chi connectivity index (χ4n) is 2.73. The van der Waals surface area contributed by atoms with E-state index in [-0.39, 0.29) is 11.8 Å². The Balaban J connectivity index is 1.78. The number of hydrogen-bond donors (Lipinski definition) is 1. The topological polar surface area (TPSA) is 57.6 Å². The quantitative estimate of drug-likeness (QED) is 0.906. The third-order valence-corrected chi connectivity index (χ3v) is 4.26. The zero-order valence-corrected chi connectivity index (χ0v) is 12.5. The molecule has 0 spiro atoms. The summed E-state index contributed by atoms with van der Waals surface area (Å²) in [5.74, 6) is -0.882. The number of hydrogen-bond acceptors (Lipinski definition) is 2. The second kappa shape index (κ2) is 7.25. The first-order chi connectivity index (χ1) is 10.1. The van der Waals surface area contributed by atoms with Crippen LogP contribution in [0.4, 0.5) is 0 Å². The fraction of sp³-hybridized carbons (Fsp3) is 0.529. The maximum absolute atomic E-state index is 12.1. The van der Waals surface area contributed by atoms with Crippen molar-refractivity contribution in [3.05, 3.63) is 35.4 Å². The van der Waals surface area contributed by atoms with Gasteiger partial charge in [0.05, 0.1) is 5.92 Å². The molecule has 1 aliphatic heterocycles. The van der Waals surface area contributed by atoms with E-state index in [1.807, 2.05) is 0 Å². The highest BCUT2D eigenvalue weighted by atomic mass is 16.4. The lowest BCUT2D eigenvalue weighted by atomic mass is 9.96. The first kappa shape index (κ1) is 15.5. The Kier molecular flexibility index (Phi) is 5.37. The maximum Gasteiger partial charge on any atom is 0.306 e. The molecule has 2 rings (SSSR count). The van der Waals surface area contributed by atoms with Crippen LogP contribution in [0.2, 0.25) is 0 Å². The lowest BCUT2D eigenvalue weighted by molar-refractivity contribution is -0.145. The number of amides is 1. The van der Waals surface area contributed by atoms with Gasteiger partial charge < -0.3 is 10.0 Å². The molecule has 1 saturated heterocycles. The molecule has 1 heterocycles. The molecule has 0 radical (unpaired) electrons. The largest absolute Gasteiger partial charge is 0.481 e. The van der Waals surface area contributed by atoms with Crippen molar-refractivity contribution in [3.63, 3.8) is 0 Å². The van der Waals surface area contributed by atoms with E-state index in [4.69, 9.17) is 5.11 Å². The summed E-state index contributed by atoms with van der Waals surface area (Å²) in [6.07, 6.45) is 3.43. The van der Waals surface area contributed by atoms with E-state index in [9.17, 15) is 9.59 Å². The van der Waals surface area contributed by atoms with Gasteiger partial charge in [-0.05, 0) is 36.8 Å². The molecular weight excluding hydrogens is 266 g/mol. The standard InChI is InChI=1S/C17H23NO3/c1-2-13-3-5-14(6-4-13)7-8-16(19)18-11-9-15(10-12-18)17(20)21/h3-6,15H,2,7-12H2,1H3,(H,20,21). The molecule has 21 heavy (non-hydrogen) atoms. The second-order valence-corrected chi connectivity index (χ2v) is 5.66. The average molecular weight is 289 g/mol. The predicted molar refractivity (Wildman–Crippen MR) is 81.1 cm³/mol. The van der Waals surface area contributed by atoms with Crippen molar-refractivity contribution >= 4 is 11.9 Å². The molecule has 4 heteroatoms. The van der Waals surface area contributed by atoms with Gasteiger partial charge in [-0.3, -0.25) is 9.59 Å². The molecule has 114 valence electrons. The third kappa shape index (κ3) is 4.31. The van der Waals surface area contributed by atoms with E-state index in [0.29, 0.717) is 32.4 Å². The number of likely N-dealkylation sites (tertiary alicyclic amines) is 1. The highest BCUT2D eigenvalue weighted by Gasteiger charge is 2.26. The molecule has 1 aromatic carbocycles. The van der Waals surface area contributed by atoms with Crippen molar-refractivity contribution in [3.8, 4) is 0 Å². The third-order valence-electron chi connectivity index (χ3n) is 4.26. The number of aryl methyl sites for hydroxylation is 2. The molecule has 1 amide bonds. The van der Waals surface area contributed by atoms with E-state index in [2.05, 4.69) is 31.2 Å². The van der Waals surface area contributed by atoms with Crippen molar-refractivity contribution in [1.29, 1.82) is 0 Å². The molecule has 1 N–H and O–H groups in total. The first-order valence-electron chi connectivity index (χ1n) is 7.68. The van der Waals surface area contributed by atoms with Crippen LogP contribution in [0, 0.1) is 5.92 Å². The van der Waals surface area contributed by atoms with E-state index in [0.717, 1.165) is 12.8 Å². The highest BCUT2D eigenvalue weighted by molar-refractivity contribution is 5.77. The van der Waals surface area contributed by atoms with Crippen LogP contribution < -0.4 is 0 Å². The van der Waals surface area contributed by atoms with Crippen LogP contribution in [-0.2, 0) is 22.4 Å². The van der Waals surface area contributed by atoms with Crippen LogP contribution in [0.1, 0.15) is 37.3 Å². The Labute approximate surface area is 125 Å². The number of carboxylic acid groups (broad SMARTS) is 1. The van der Waals surface area contributed by atoms with Crippen molar-refractivity contribution in [2.75, 3.05) is 13.1 Å². The molecular formula is C17H23NO3. The summed E-state index contributed by atoms with van der Waals surface area (Å²) in [6.45, 7) is 3.27. The summed E-state index contributed by atoms with van der Waals surface area (Å²) < 4.78 is 0. The van der Waals surface area contributed by atoms with Gasteiger partial charge in [0, 0.05) is 19.5 Å². The molecule has 0 aliphatic carbocycles. The Morgan fingerprint density at radius 1 is 1.14 bits per heavy atom. The van der Waals surface area contributed by atoms with Crippen LogP contribution in [-0.4, -0.2) is 35.0 Å². The van der Waals surface area contributed by atoms with E-state index in [1.54, 1.807) is 4.90 Å². The molecule has 0 saturated carbocycles. The van der Waals surface area contributed by atoms with Gasteiger partial charge in [0.1, 0.15) is 0 Å². The zero-order valence-electron chi connectivity index (χ0n) is 12.5. The SMILES string of the molecule is CCc1ccc(CCC(=O)N2CCC(C(=O)O)CC2)cc1. The Hall–Kier alpha value is -1.84. The minimum absolute atomic E-state index is 0.137. The summed E-state index contributed by atoms with van der Waals surface area (Å²) in [7, 11) is 0. The molecule has 1 aliphatic rings. The predicted octanol–water partition coefficient (Wildman–Crippen LogP) is 2.50. The van der Waals surface area contributed by atoms with Gasteiger partial charge in [-0.15, -0.1) is 0 Å². The maximum atomic E-state index is 12.1. The summed E-state index contributed by atoms with van der Waals surface area (Å²) in [4.78, 5) is 24.8. The van der Waals surface area contributed by atoms with E-state index in [1.165, 1.54) is 11.1 Å². The van der Waals surface area contributed by atoms with Crippen molar-refractivity contribution in [2.24, 2.45) is 5.92 Å². The summed E-state index contributed by atoms with van der Waals surface area (Å²) in [5, 5.41) is 8.95. The summed E-state index contributed by atoms with van der Waals surface area (Å²) in [6, 6.07) is 8.39. The molecule has 1 fully saturated rings. The Morgan fingerprint density at radius 3 is 2.24 bits per heavy atom. The highest BCUT2D eigenvalue weighted by Crippen LogP contribution is 2.18. The monoisotopic (exact) mass is 289 g/mol. The lowest BCUT2D eigenvalue weighted by Gasteiger charge is -2.30. The fourth-order valence-corrected chi connectivity index (χ4v) is 2.73. The number of carboxylic acids is 1. The average Bonchev–Trinajstić information content (AvgIpc) is 2.53. The number of piperidine rings is 1. The number of carbonyl (C=O) groups excluding carboxylic acids is 1. The molecule has 0 unspecified atom stereocenters. The minimum Gasteiger partial charge on any atom is -0.481 e. The minimum atomic E-state index is -0.738. The van der Waals surface area contributed by atoms with Gasteiger partial charge in [-0.1, -0.05) is 31.2 Å². The van der Waals surface area contributed by atoms with Crippen molar-refractivity contribution < 1.29 is 14.7 Å². The zero-order chi connectivity index (χ0) is 15.2. The van der Waals surface area contributed by atoms with Crippen LogP contribution in [0.25, 0.3) is 0 Å². The van der Waals surface area contributed by atoms with E-state index < -0.39 is 5.97 Å². The smallest absolute Gasteiger partial charge is 0.306 e. The van der Waals surface area contributed by atoms with Gasteiger partial charge in [0.15, 0.2) is 0 Å². The molecule has 4 nitrogen and oxygen atoms in total. The van der Waals surface area contributed by atoms with Gasteiger partial charge in [0.25, 0.3) is 0 Å². The normalized spacial score (nSPS) is 16.0. The van der Waals surface area contributed by atoms with Crippen LogP contribution in [0.5, 0.6) is 0 Å². The first-order valence-corrected chi connectivity index (χ1v) is 7.68. The van der Waals surface area contributed by atoms with Crippen LogP contribution >= 0.6 is 0 Å².